The first-order valence-corrected chi connectivity index (χ1v) is 13.5. The molecule has 0 spiro atoms. The number of allylic oxidation sites excluding steroid dienone is 1. The summed E-state index contributed by atoms with van der Waals surface area (Å²) in [6.07, 6.45) is -8.39. The Kier molecular flexibility index (Phi) is 8.66. The van der Waals surface area contributed by atoms with E-state index in [2.05, 4.69) is 0 Å². The fourth-order valence-corrected chi connectivity index (χ4v) is 5.57. The fraction of sp³-hybridized carbons (Fsp3) is 0.500. The molecule has 11 heteroatoms. The molecule has 0 N–H and O–H groups in total. The van der Waals surface area contributed by atoms with Crippen LogP contribution >= 0.6 is 0 Å². The van der Waals surface area contributed by atoms with Crippen molar-refractivity contribution in [2.75, 3.05) is 13.7 Å². The molecule has 0 aromatic heterocycles. The molecule has 4 rings (SSSR count). The van der Waals surface area contributed by atoms with E-state index in [1.165, 1.54) is 25.0 Å². The number of carbonyl (C=O) groups excluding carboxylic acids is 1. The minimum atomic E-state index is -5.02. The van der Waals surface area contributed by atoms with Crippen LogP contribution in [-0.4, -0.2) is 30.7 Å². The zero-order valence-corrected chi connectivity index (χ0v) is 23.2. The first kappa shape index (κ1) is 30.7. The maximum absolute atomic E-state index is 14.7. The van der Waals surface area contributed by atoms with Gasteiger partial charge in [-0.15, -0.1) is 0 Å². The normalized spacial score (nSPS) is 20.5. The van der Waals surface area contributed by atoms with Gasteiger partial charge < -0.3 is 9.47 Å². The number of methoxy groups -OCH3 is 1. The monoisotopic (exact) mass is 587 g/mol. The maximum Gasteiger partial charge on any atom is 0.416 e. The Morgan fingerprint density at radius 2 is 1.56 bits per heavy atom. The first-order valence-electron chi connectivity index (χ1n) is 13.5. The van der Waals surface area contributed by atoms with Crippen molar-refractivity contribution >= 4 is 11.7 Å². The van der Waals surface area contributed by atoms with E-state index in [1.54, 1.807) is 6.07 Å². The average Bonchev–Trinajstić information content (AvgIpc) is 3.03. The first-order chi connectivity index (χ1) is 19.1. The van der Waals surface area contributed by atoms with E-state index < -0.39 is 47.5 Å². The molecule has 2 aromatic rings. The van der Waals surface area contributed by atoms with Crippen LogP contribution in [0.3, 0.4) is 0 Å². The van der Waals surface area contributed by atoms with Gasteiger partial charge in [0.15, 0.2) is 0 Å². The van der Waals surface area contributed by atoms with Gasteiger partial charge in [0.05, 0.1) is 24.3 Å². The topological polar surface area (TPSA) is 38.8 Å². The van der Waals surface area contributed by atoms with E-state index in [1.807, 2.05) is 13.8 Å². The third-order valence-electron chi connectivity index (χ3n) is 7.79. The lowest BCUT2D eigenvalue weighted by atomic mass is 9.90. The largest absolute Gasteiger partial charge is 0.496 e. The zero-order valence-electron chi connectivity index (χ0n) is 23.2. The van der Waals surface area contributed by atoms with Crippen LogP contribution in [0.1, 0.15) is 92.7 Å². The highest BCUT2D eigenvalue weighted by molar-refractivity contribution is 5.76. The van der Waals surface area contributed by atoms with Gasteiger partial charge in [-0.2, -0.15) is 26.3 Å². The zero-order chi connectivity index (χ0) is 30.3. The number of alkyl halides is 6. The van der Waals surface area contributed by atoms with E-state index in [-0.39, 0.29) is 24.1 Å². The second-order valence-electron chi connectivity index (χ2n) is 10.9. The van der Waals surface area contributed by atoms with E-state index in [4.69, 9.17) is 9.47 Å². The second kappa shape index (κ2) is 11.6. The summed E-state index contributed by atoms with van der Waals surface area (Å²) in [5.41, 5.74) is -0.346. The predicted molar refractivity (Wildman–Crippen MR) is 139 cm³/mol. The van der Waals surface area contributed by atoms with E-state index in [9.17, 15) is 35.5 Å². The molecule has 4 nitrogen and oxygen atoms in total. The molecule has 1 aliphatic heterocycles. The van der Waals surface area contributed by atoms with Crippen molar-refractivity contribution in [3.05, 3.63) is 69.5 Å². The van der Waals surface area contributed by atoms with Crippen molar-refractivity contribution in [3.63, 3.8) is 0 Å². The third-order valence-corrected chi connectivity index (χ3v) is 7.79. The van der Waals surface area contributed by atoms with Crippen LogP contribution in [0.25, 0.3) is 5.57 Å². The number of ether oxygens (including phenoxy) is 2. The molecular formula is C30H32F7NO3. The minimum absolute atomic E-state index is 0.0484. The summed E-state index contributed by atoms with van der Waals surface area (Å²) in [6, 6.07) is 3.49. The van der Waals surface area contributed by atoms with E-state index >= 15 is 0 Å². The van der Waals surface area contributed by atoms with Crippen LogP contribution in [0, 0.1) is 5.82 Å². The maximum atomic E-state index is 14.7. The Labute approximate surface area is 234 Å². The van der Waals surface area contributed by atoms with Gasteiger partial charge in [0.1, 0.15) is 17.7 Å². The molecule has 41 heavy (non-hydrogen) atoms. The molecule has 0 radical (unpaired) electrons. The quantitative estimate of drug-likeness (QED) is 0.316. The smallest absolute Gasteiger partial charge is 0.416 e. The van der Waals surface area contributed by atoms with Crippen LogP contribution in [0.5, 0.6) is 5.75 Å². The van der Waals surface area contributed by atoms with Crippen LogP contribution in [-0.2, 0) is 17.1 Å². The Hall–Kier alpha value is -3.24. The van der Waals surface area contributed by atoms with Crippen LogP contribution < -0.4 is 4.74 Å². The number of cyclic esters (lactones) is 1. The van der Waals surface area contributed by atoms with Gasteiger partial charge in [-0.3, -0.25) is 4.90 Å². The SMILES string of the molecule is COc1cc(F)c(C(C)C)cc1C1=C(CN2C(=O)O[C@H](c3cc(C(F)(F)F)cc(C(F)(F)F)c3)[C@@H]2C)CCCCC1. The molecule has 1 saturated heterocycles. The molecule has 1 aliphatic carbocycles. The number of amides is 1. The highest BCUT2D eigenvalue weighted by atomic mass is 19.4. The van der Waals surface area contributed by atoms with Gasteiger partial charge in [-0.1, -0.05) is 20.3 Å². The molecule has 1 heterocycles. The van der Waals surface area contributed by atoms with Gasteiger partial charge >= 0.3 is 18.4 Å². The summed E-state index contributed by atoms with van der Waals surface area (Å²) < 4.78 is 106. The number of hydrogen-bond donors (Lipinski definition) is 0. The van der Waals surface area contributed by atoms with Gasteiger partial charge in [-0.25, -0.2) is 9.18 Å². The molecule has 1 amide bonds. The average molecular weight is 588 g/mol. The molecule has 0 unspecified atom stereocenters. The summed E-state index contributed by atoms with van der Waals surface area (Å²) in [5.74, 6) is -0.145. The number of benzene rings is 2. The molecule has 2 aromatic carbocycles. The summed E-state index contributed by atoms with van der Waals surface area (Å²) in [4.78, 5) is 14.3. The number of carbonyl (C=O) groups is 1. The van der Waals surface area contributed by atoms with Gasteiger partial charge in [0.2, 0.25) is 0 Å². The molecule has 0 bridgehead atoms. The summed E-state index contributed by atoms with van der Waals surface area (Å²) in [6.45, 7) is 5.35. The van der Waals surface area contributed by atoms with Crippen molar-refractivity contribution < 1.29 is 45.0 Å². The Balaban J connectivity index is 1.74. The van der Waals surface area contributed by atoms with Crippen molar-refractivity contribution in [2.24, 2.45) is 0 Å². The molecule has 0 saturated carbocycles. The van der Waals surface area contributed by atoms with E-state index in [0.717, 1.165) is 30.4 Å². The summed E-state index contributed by atoms with van der Waals surface area (Å²) in [7, 11) is 1.44. The van der Waals surface area contributed by atoms with Crippen LogP contribution in [0.4, 0.5) is 35.5 Å². The minimum Gasteiger partial charge on any atom is -0.496 e. The lowest BCUT2D eigenvalue weighted by Gasteiger charge is -2.25. The molecule has 2 atom stereocenters. The predicted octanol–water partition coefficient (Wildman–Crippen LogP) is 9.29. The lowest BCUT2D eigenvalue weighted by molar-refractivity contribution is -0.143. The number of hydrogen-bond acceptors (Lipinski definition) is 3. The Bertz CT molecular complexity index is 1300. The van der Waals surface area contributed by atoms with Gasteiger partial charge in [0.25, 0.3) is 0 Å². The van der Waals surface area contributed by atoms with E-state index in [0.29, 0.717) is 41.9 Å². The molecule has 1 fully saturated rings. The third kappa shape index (κ3) is 6.48. The number of rotatable bonds is 6. The number of halogens is 7. The van der Waals surface area contributed by atoms with Crippen molar-refractivity contribution in [2.45, 2.75) is 83.3 Å². The van der Waals surface area contributed by atoms with Crippen molar-refractivity contribution in [1.82, 2.24) is 4.90 Å². The second-order valence-corrected chi connectivity index (χ2v) is 10.9. The standard InChI is InChI=1S/C30H32F7NO3/c1-16(2)23-13-24(26(40-4)14-25(23)31)22-9-7-5-6-8-18(22)15-38-17(3)27(41-28(38)39)19-10-20(29(32,33)34)12-21(11-19)30(35,36)37/h10-14,16-17,27H,5-9,15H2,1-4H3/t17-,27-/m0/s1. The molecule has 2 aliphatic rings. The molecule has 224 valence electrons. The van der Waals surface area contributed by atoms with Gasteiger partial charge in [-0.05, 0) is 85.1 Å². The van der Waals surface area contributed by atoms with Crippen LogP contribution in [0.2, 0.25) is 0 Å². The fourth-order valence-electron chi connectivity index (χ4n) is 5.57. The van der Waals surface area contributed by atoms with Gasteiger partial charge in [0, 0.05) is 18.2 Å². The van der Waals surface area contributed by atoms with Crippen LogP contribution in [0.15, 0.2) is 35.9 Å². The lowest BCUT2D eigenvalue weighted by Crippen LogP contribution is -2.34. The highest BCUT2D eigenvalue weighted by Gasteiger charge is 2.43. The highest BCUT2D eigenvalue weighted by Crippen LogP contribution is 2.43. The summed E-state index contributed by atoms with van der Waals surface area (Å²) >= 11 is 0. The van der Waals surface area contributed by atoms with Crippen molar-refractivity contribution in [3.8, 4) is 5.75 Å². The number of nitrogens with zero attached hydrogens (tertiary/aromatic N) is 1. The Morgan fingerprint density at radius 3 is 2.12 bits per heavy atom. The Morgan fingerprint density at radius 1 is 0.951 bits per heavy atom. The summed E-state index contributed by atoms with van der Waals surface area (Å²) in [5, 5.41) is 0. The molecular weight excluding hydrogens is 555 g/mol. The van der Waals surface area contributed by atoms with Crippen molar-refractivity contribution in [1.29, 1.82) is 0 Å².